The molecule has 0 aromatic heterocycles. The van der Waals surface area contributed by atoms with Crippen LogP contribution in [0, 0.1) is 23.5 Å². The van der Waals surface area contributed by atoms with Gasteiger partial charge in [0, 0.05) is 24.4 Å². The third kappa shape index (κ3) is 4.70. The summed E-state index contributed by atoms with van der Waals surface area (Å²) in [6.45, 7) is 0.331. The van der Waals surface area contributed by atoms with Gasteiger partial charge < -0.3 is 15.2 Å². The Hall–Kier alpha value is -4.18. The zero-order chi connectivity index (χ0) is 23.4. The third-order valence-corrected chi connectivity index (χ3v) is 5.38. The lowest BCUT2D eigenvalue weighted by atomic mass is 9.98. The molecule has 166 valence electrons. The van der Waals surface area contributed by atoms with Crippen molar-refractivity contribution < 1.29 is 28.2 Å². The summed E-state index contributed by atoms with van der Waals surface area (Å²) in [6, 6.07) is 17.4. The largest absolute Gasteiger partial charge is 0.478 e. The minimum absolute atomic E-state index is 0.0502. The summed E-state index contributed by atoms with van der Waals surface area (Å²) in [5, 5.41) is 11.7. The highest BCUT2D eigenvalue weighted by Gasteiger charge is 2.28. The molecule has 0 unspecified atom stereocenters. The number of carboxylic acid groups (broad SMARTS) is 1. The van der Waals surface area contributed by atoms with E-state index in [1.54, 1.807) is 0 Å². The second-order valence-corrected chi connectivity index (χ2v) is 7.42. The average molecular weight is 447 g/mol. The van der Waals surface area contributed by atoms with Crippen LogP contribution in [0.2, 0.25) is 0 Å². The Morgan fingerprint density at radius 1 is 0.970 bits per heavy atom. The van der Waals surface area contributed by atoms with Crippen molar-refractivity contribution in [3.63, 3.8) is 0 Å². The Morgan fingerprint density at radius 3 is 2.21 bits per heavy atom. The SMILES string of the molecule is O=C(NCCC#Cc1cc(F)c(F)cc1C(=O)O)OCC1c2ccccc2-c2ccccc21. The van der Waals surface area contributed by atoms with Crippen molar-refractivity contribution in [3.05, 3.63) is 94.6 Å². The molecule has 0 spiro atoms. The molecule has 0 saturated heterocycles. The zero-order valence-electron chi connectivity index (χ0n) is 17.4. The minimum atomic E-state index is -1.41. The fraction of sp³-hybridized carbons (Fsp3) is 0.154. The van der Waals surface area contributed by atoms with E-state index in [0.29, 0.717) is 6.07 Å². The molecule has 0 atom stereocenters. The van der Waals surface area contributed by atoms with Crippen molar-refractivity contribution in [1.29, 1.82) is 0 Å². The van der Waals surface area contributed by atoms with Crippen LogP contribution in [0.5, 0.6) is 0 Å². The molecule has 1 aliphatic carbocycles. The Bertz CT molecular complexity index is 1250. The summed E-state index contributed by atoms with van der Waals surface area (Å²) in [5.41, 5.74) is 3.93. The monoisotopic (exact) mass is 447 g/mol. The normalized spacial score (nSPS) is 11.7. The number of carbonyl (C=O) groups excluding carboxylic acids is 1. The van der Waals surface area contributed by atoms with Crippen LogP contribution in [0.3, 0.4) is 0 Å². The van der Waals surface area contributed by atoms with Crippen molar-refractivity contribution in [2.75, 3.05) is 13.2 Å². The molecule has 3 aromatic carbocycles. The van der Waals surface area contributed by atoms with Crippen LogP contribution < -0.4 is 5.32 Å². The van der Waals surface area contributed by atoms with E-state index in [-0.39, 0.29) is 31.1 Å². The number of amides is 1. The lowest BCUT2D eigenvalue weighted by Gasteiger charge is -2.14. The first-order chi connectivity index (χ1) is 16.0. The van der Waals surface area contributed by atoms with Gasteiger partial charge in [0.25, 0.3) is 0 Å². The topological polar surface area (TPSA) is 75.6 Å². The van der Waals surface area contributed by atoms with Gasteiger partial charge in [0.2, 0.25) is 0 Å². The first kappa shape index (κ1) is 22.0. The van der Waals surface area contributed by atoms with E-state index in [1.807, 2.05) is 36.4 Å². The van der Waals surface area contributed by atoms with Gasteiger partial charge in [-0.05, 0) is 34.4 Å². The maximum absolute atomic E-state index is 13.4. The third-order valence-electron chi connectivity index (χ3n) is 5.38. The molecule has 33 heavy (non-hydrogen) atoms. The van der Waals surface area contributed by atoms with Crippen molar-refractivity contribution >= 4 is 12.1 Å². The Labute approximate surface area is 189 Å². The quantitative estimate of drug-likeness (QED) is 0.429. The second-order valence-electron chi connectivity index (χ2n) is 7.42. The zero-order valence-corrected chi connectivity index (χ0v) is 17.4. The van der Waals surface area contributed by atoms with E-state index in [1.165, 1.54) is 0 Å². The van der Waals surface area contributed by atoms with Crippen LogP contribution in [-0.4, -0.2) is 30.3 Å². The lowest BCUT2D eigenvalue weighted by molar-refractivity contribution is 0.0695. The highest BCUT2D eigenvalue weighted by atomic mass is 19.2. The van der Waals surface area contributed by atoms with E-state index >= 15 is 0 Å². The van der Waals surface area contributed by atoms with Crippen molar-refractivity contribution in [3.8, 4) is 23.0 Å². The van der Waals surface area contributed by atoms with Gasteiger partial charge in [-0.1, -0.05) is 60.4 Å². The average Bonchev–Trinajstić information content (AvgIpc) is 3.13. The van der Waals surface area contributed by atoms with Gasteiger partial charge in [0.15, 0.2) is 11.6 Å². The molecule has 0 bridgehead atoms. The van der Waals surface area contributed by atoms with Crippen LogP contribution in [0.1, 0.15) is 39.4 Å². The number of hydrogen-bond acceptors (Lipinski definition) is 3. The van der Waals surface area contributed by atoms with Gasteiger partial charge in [-0.2, -0.15) is 0 Å². The van der Waals surface area contributed by atoms with Gasteiger partial charge in [-0.3, -0.25) is 0 Å². The number of carboxylic acids is 1. The van der Waals surface area contributed by atoms with Crippen LogP contribution >= 0.6 is 0 Å². The van der Waals surface area contributed by atoms with Gasteiger partial charge in [0.1, 0.15) is 6.61 Å². The number of nitrogens with one attached hydrogen (secondary N) is 1. The Morgan fingerprint density at radius 2 is 1.58 bits per heavy atom. The predicted molar refractivity (Wildman–Crippen MR) is 118 cm³/mol. The molecule has 0 radical (unpaired) electrons. The summed E-state index contributed by atoms with van der Waals surface area (Å²) in [7, 11) is 0. The molecular weight excluding hydrogens is 428 g/mol. The van der Waals surface area contributed by atoms with E-state index in [4.69, 9.17) is 9.84 Å². The number of rotatable bonds is 5. The summed E-state index contributed by atoms with van der Waals surface area (Å²) < 4.78 is 32.1. The number of hydrogen-bond donors (Lipinski definition) is 2. The molecule has 1 amide bonds. The molecule has 3 aromatic rings. The molecule has 0 heterocycles. The van der Waals surface area contributed by atoms with Crippen LogP contribution in [0.4, 0.5) is 13.6 Å². The Kier molecular flexibility index (Phi) is 6.36. The van der Waals surface area contributed by atoms with Gasteiger partial charge in [-0.15, -0.1) is 0 Å². The van der Waals surface area contributed by atoms with Gasteiger partial charge >= 0.3 is 12.1 Å². The maximum Gasteiger partial charge on any atom is 0.407 e. The molecule has 0 fully saturated rings. The summed E-state index contributed by atoms with van der Waals surface area (Å²) >= 11 is 0. The minimum Gasteiger partial charge on any atom is -0.478 e. The number of benzene rings is 3. The standard InChI is InChI=1S/C26H19F2NO4/c27-23-13-16(21(25(30)31)14-24(23)28)7-5-6-12-29-26(32)33-15-22-19-10-3-1-8-17(19)18-9-2-4-11-20(18)22/h1-4,8-11,13-14,22H,6,12,15H2,(H,29,32)(H,30,31). The van der Waals surface area contributed by atoms with E-state index in [9.17, 15) is 18.4 Å². The van der Waals surface area contributed by atoms with Crippen molar-refractivity contribution in [2.45, 2.75) is 12.3 Å². The molecule has 0 aliphatic heterocycles. The molecule has 4 rings (SSSR count). The molecule has 0 saturated carbocycles. The fourth-order valence-corrected chi connectivity index (χ4v) is 3.86. The molecule has 5 nitrogen and oxygen atoms in total. The van der Waals surface area contributed by atoms with Crippen LogP contribution in [-0.2, 0) is 4.74 Å². The summed E-state index contributed by atoms with van der Waals surface area (Å²) in [6.07, 6.45) is -0.430. The highest BCUT2D eigenvalue weighted by Crippen LogP contribution is 2.44. The van der Waals surface area contributed by atoms with Gasteiger partial charge in [-0.25, -0.2) is 18.4 Å². The first-order valence-corrected chi connectivity index (χ1v) is 10.3. The smallest absolute Gasteiger partial charge is 0.407 e. The molecule has 7 heteroatoms. The molecular formula is C26H19F2NO4. The number of fused-ring (bicyclic) bond motifs is 3. The van der Waals surface area contributed by atoms with E-state index < -0.39 is 29.3 Å². The lowest BCUT2D eigenvalue weighted by Crippen LogP contribution is -2.26. The number of ether oxygens (including phenoxy) is 1. The predicted octanol–water partition coefficient (Wildman–Crippen LogP) is 4.94. The van der Waals surface area contributed by atoms with Crippen LogP contribution in [0.25, 0.3) is 11.1 Å². The summed E-state index contributed by atoms with van der Waals surface area (Å²) in [4.78, 5) is 23.3. The number of alkyl carbamates (subject to hydrolysis) is 1. The number of carbonyl (C=O) groups is 2. The van der Waals surface area contributed by atoms with E-state index in [0.717, 1.165) is 28.3 Å². The van der Waals surface area contributed by atoms with Gasteiger partial charge in [0.05, 0.1) is 5.56 Å². The number of aromatic carboxylic acids is 1. The molecule has 1 aliphatic rings. The van der Waals surface area contributed by atoms with Crippen molar-refractivity contribution in [1.82, 2.24) is 5.32 Å². The second kappa shape index (κ2) is 9.53. The fourth-order valence-electron chi connectivity index (χ4n) is 3.86. The first-order valence-electron chi connectivity index (χ1n) is 10.3. The highest BCUT2D eigenvalue weighted by molar-refractivity contribution is 5.90. The maximum atomic E-state index is 13.4. The molecule has 2 N–H and O–H groups in total. The van der Waals surface area contributed by atoms with E-state index in [2.05, 4.69) is 29.3 Å². The summed E-state index contributed by atoms with van der Waals surface area (Å²) in [5.74, 6) is 1.26. The number of halogens is 2. The Balaban J connectivity index is 1.32. The van der Waals surface area contributed by atoms with Crippen molar-refractivity contribution in [2.24, 2.45) is 0 Å². The van der Waals surface area contributed by atoms with Crippen LogP contribution in [0.15, 0.2) is 60.7 Å².